The molecule has 0 bridgehead atoms. The standard InChI is InChI=1S/C13H11Cl3N2/c1-8(10-3-2-4-11(14)13(10)16)18-9-5-6-17-12(15)7-9/h2-8H,1H3,(H,17,18). The fraction of sp³-hybridized carbons (Fsp3) is 0.154. The maximum atomic E-state index is 6.18. The van der Waals surface area contributed by atoms with Gasteiger partial charge in [0.15, 0.2) is 0 Å². The molecule has 1 aromatic heterocycles. The van der Waals surface area contributed by atoms with Gasteiger partial charge in [0.05, 0.1) is 16.1 Å². The molecule has 2 rings (SSSR count). The van der Waals surface area contributed by atoms with Crippen LogP contribution in [0.4, 0.5) is 5.69 Å². The second-order valence-electron chi connectivity index (χ2n) is 3.88. The van der Waals surface area contributed by atoms with Crippen LogP contribution in [0.1, 0.15) is 18.5 Å². The van der Waals surface area contributed by atoms with E-state index in [1.165, 1.54) is 0 Å². The first kappa shape index (κ1) is 13.5. The zero-order chi connectivity index (χ0) is 13.1. The molecule has 1 heterocycles. The van der Waals surface area contributed by atoms with Crippen molar-refractivity contribution in [3.05, 3.63) is 57.3 Å². The van der Waals surface area contributed by atoms with Gasteiger partial charge < -0.3 is 5.32 Å². The molecule has 0 fully saturated rings. The number of nitrogens with one attached hydrogen (secondary N) is 1. The van der Waals surface area contributed by atoms with Crippen LogP contribution in [0.15, 0.2) is 36.5 Å². The third-order valence-electron chi connectivity index (χ3n) is 2.56. The summed E-state index contributed by atoms with van der Waals surface area (Å²) < 4.78 is 0. The van der Waals surface area contributed by atoms with Gasteiger partial charge >= 0.3 is 0 Å². The summed E-state index contributed by atoms with van der Waals surface area (Å²) in [5, 5.41) is 4.87. The Morgan fingerprint density at radius 1 is 1.17 bits per heavy atom. The molecule has 0 saturated carbocycles. The summed E-state index contributed by atoms with van der Waals surface area (Å²) in [6.07, 6.45) is 1.65. The van der Waals surface area contributed by atoms with E-state index in [1.807, 2.05) is 25.1 Å². The summed E-state index contributed by atoms with van der Waals surface area (Å²) in [7, 11) is 0. The smallest absolute Gasteiger partial charge is 0.131 e. The number of anilines is 1. The molecule has 1 aromatic carbocycles. The van der Waals surface area contributed by atoms with Crippen LogP contribution in [0, 0.1) is 0 Å². The maximum absolute atomic E-state index is 6.18. The molecule has 18 heavy (non-hydrogen) atoms. The highest BCUT2D eigenvalue weighted by atomic mass is 35.5. The van der Waals surface area contributed by atoms with Crippen molar-refractivity contribution in [1.29, 1.82) is 0 Å². The summed E-state index contributed by atoms with van der Waals surface area (Å²) in [4.78, 5) is 3.93. The first-order valence-electron chi connectivity index (χ1n) is 5.40. The van der Waals surface area contributed by atoms with Crippen LogP contribution in [-0.2, 0) is 0 Å². The van der Waals surface area contributed by atoms with Gasteiger partial charge in [-0.3, -0.25) is 0 Å². The molecular formula is C13H11Cl3N2. The van der Waals surface area contributed by atoms with Gasteiger partial charge in [-0.1, -0.05) is 46.9 Å². The molecule has 1 atom stereocenters. The van der Waals surface area contributed by atoms with Crippen LogP contribution in [0.2, 0.25) is 15.2 Å². The van der Waals surface area contributed by atoms with Crippen molar-refractivity contribution in [2.45, 2.75) is 13.0 Å². The summed E-state index contributed by atoms with van der Waals surface area (Å²) in [5.41, 5.74) is 1.83. The van der Waals surface area contributed by atoms with Crippen LogP contribution < -0.4 is 5.32 Å². The van der Waals surface area contributed by atoms with E-state index >= 15 is 0 Å². The first-order chi connectivity index (χ1) is 8.58. The molecule has 2 aromatic rings. The number of pyridine rings is 1. The molecular weight excluding hydrogens is 291 g/mol. The van der Waals surface area contributed by atoms with Gasteiger partial charge in [0, 0.05) is 11.9 Å². The van der Waals surface area contributed by atoms with Crippen LogP contribution >= 0.6 is 34.8 Å². The Balaban J connectivity index is 2.22. The summed E-state index contributed by atoms with van der Waals surface area (Å²) in [6.45, 7) is 2.01. The molecule has 0 aliphatic carbocycles. The van der Waals surface area contributed by atoms with E-state index in [9.17, 15) is 0 Å². The monoisotopic (exact) mass is 300 g/mol. The van der Waals surface area contributed by atoms with Crippen molar-refractivity contribution in [2.24, 2.45) is 0 Å². The average molecular weight is 302 g/mol. The third-order valence-corrected chi connectivity index (χ3v) is 3.60. The number of hydrogen-bond donors (Lipinski definition) is 1. The van der Waals surface area contributed by atoms with Crippen LogP contribution in [0.5, 0.6) is 0 Å². The Morgan fingerprint density at radius 3 is 2.67 bits per heavy atom. The second kappa shape index (κ2) is 5.79. The second-order valence-corrected chi connectivity index (χ2v) is 5.05. The van der Waals surface area contributed by atoms with Crippen molar-refractivity contribution in [3.8, 4) is 0 Å². The lowest BCUT2D eigenvalue weighted by atomic mass is 10.1. The van der Waals surface area contributed by atoms with E-state index in [0.717, 1.165) is 11.3 Å². The number of rotatable bonds is 3. The lowest BCUT2D eigenvalue weighted by molar-refractivity contribution is 0.884. The highest BCUT2D eigenvalue weighted by Crippen LogP contribution is 2.31. The molecule has 0 aliphatic heterocycles. The molecule has 94 valence electrons. The molecule has 0 amide bonds. The van der Waals surface area contributed by atoms with Crippen molar-refractivity contribution in [1.82, 2.24) is 4.98 Å². The fourth-order valence-corrected chi connectivity index (χ4v) is 2.32. The highest BCUT2D eigenvalue weighted by molar-refractivity contribution is 6.42. The van der Waals surface area contributed by atoms with Crippen molar-refractivity contribution in [3.63, 3.8) is 0 Å². The molecule has 1 N–H and O–H groups in total. The molecule has 1 unspecified atom stereocenters. The van der Waals surface area contributed by atoms with E-state index in [2.05, 4.69) is 10.3 Å². The Morgan fingerprint density at radius 2 is 1.94 bits per heavy atom. The van der Waals surface area contributed by atoms with Gasteiger partial charge in [-0.15, -0.1) is 0 Å². The van der Waals surface area contributed by atoms with Crippen LogP contribution in [0.3, 0.4) is 0 Å². The van der Waals surface area contributed by atoms with Gasteiger partial charge in [0.25, 0.3) is 0 Å². The van der Waals surface area contributed by atoms with E-state index in [-0.39, 0.29) is 6.04 Å². The maximum Gasteiger partial charge on any atom is 0.131 e. The zero-order valence-corrected chi connectivity index (χ0v) is 11.9. The fourth-order valence-electron chi connectivity index (χ4n) is 1.67. The summed E-state index contributed by atoms with van der Waals surface area (Å²) >= 11 is 18.0. The molecule has 0 aliphatic rings. The molecule has 5 heteroatoms. The Bertz CT molecular complexity index is 558. The largest absolute Gasteiger partial charge is 0.378 e. The van der Waals surface area contributed by atoms with Gasteiger partial charge in [0.2, 0.25) is 0 Å². The van der Waals surface area contributed by atoms with E-state index in [4.69, 9.17) is 34.8 Å². The predicted octanol–water partition coefficient (Wildman–Crippen LogP) is 5.21. The Hall–Kier alpha value is -0.960. The normalized spacial score (nSPS) is 12.2. The van der Waals surface area contributed by atoms with Crippen molar-refractivity contribution >= 4 is 40.5 Å². The Labute approximate surface area is 121 Å². The van der Waals surface area contributed by atoms with E-state index in [1.54, 1.807) is 18.3 Å². The lowest BCUT2D eigenvalue weighted by Crippen LogP contribution is -2.07. The number of nitrogens with zero attached hydrogens (tertiary/aromatic N) is 1. The minimum absolute atomic E-state index is 0.0228. The number of hydrogen-bond acceptors (Lipinski definition) is 2. The Kier molecular flexibility index (Phi) is 4.33. The van der Waals surface area contributed by atoms with Crippen LogP contribution in [0.25, 0.3) is 0 Å². The molecule has 0 saturated heterocycles. The molecule has 0 spiro atoms. The average Bonchev–Trinajstić information content (AvgIpc) is 2.32. The van der Waals surface area contributed by atoms with Gasteiger partial charge in [-0.25, -0.2) is 4.98 Å². The SMILES string of the molecule is CC(Nc1ccnc(Cl)c1)c1cccc(Cl)c1Cl. The zero-order valence-electron chi connectivity index (χ0n) is 9.62. The van der Waals surface area contributed by atoms with Gasteiger partial charge in [-0.05, 0) is 30.7 Å². The lowest BCUT2D eigenvalue weighted by Gasteiger charge is -2.17. The summed E-state index contributed by atoms with van der Waals surface area (Å²) in [6, 6.07) is 9.21. The van der Waals surface area contributed by atoms with E-state index in [0.29, 0.717) is 15.2 Å². The highest BCUT2D eigenvalue weighted by Gasteiger charge is 2.11. The first-order valence-corrected chi connectivity index (χ1v) is 6.53. The van der Waals surface area contributed by atoms with Crippen molar-refractivity contribution < 1.29 is 0 Å². The third kappa shape index (κ3) is 3.08. The number of halogens is 3. The quantitative estimate of drug-likeness (QED) is 0.787. The topological polar surface area (TPSA) is 24.9 Å². The predicted molar refractivity (Wildman–Crippen MR) is 77.7 cm³/mol. The summed E-state index contributed by atoms with van der Waals surface area (Å²) in [5.74, 6) is 0. The number of benzene rings is 1. The molecule has 2 nitrogen and oxygen atoms in total. The minimum Gasteiger partial charge on any atom is -0.378 e. The molecule has 0 radical (unpaired) electrons. The van der Waals surface area contributed by atoms with Gasteiger partial charge in [-0.2, -0.15) is 0 Å². The van der Waals surface area contributed by atoms with Crippen LogP contribution in [-0.4, -0.2) is 4.98 Å². The minimum atomic E-state index is 0.0228. The van der Waals surface area contributed by atoms with E-state index < -0.39 is 0 Å². The number of aromatic nitrogens is 1. The van der Waals surface area contributed by atoms with Gasteiger partial charge in [0.1, 0.15) is 5.15 Å². The van der Waals surface area contributed by atoms with Crippen molar-refractivity contribution in [2.75, 3.05) is 5.32 Å².